The van der Waals surface area contributed by atoms with Crippen LogP contribution in [0.3, 0.4) is 0 Å². The Morgan fingerprint density at radius 2 is 2.16 bits per heavy atom. The summed E-state index contributed by atoms with van der Waals surface area (Å²) in [6, 6.07) is 1.86. The number of carbonyl (C=O) groups is 1. The minimum absolute atomic E-state index is 0.0995. The lowest BCUT2D eigenvalue weighted by Crippen LogP contribution is -2.23. The Hall–Kier alpha value is -1.79. The lowest BCUT2D eigenvalue weighted by Gasteiger charge is -2.18. The molecule has 0 saturated carbocycles. The maximum absolute atomic E-state index is 12.5. The first-order valence-corrected chi connectivity index (χ1v) is 5.74. The summed E-state index contributed by atoms with van der Waals surface area (Å²) in [5.74, 6) is -0.222. The number of rotatable bonds is 5. The van der Waals surface area contributed by atoms with Crippen LogP contribution in [-0.4, -0.2) is 31.2 Å². The van der Waals surface area contributed by atoms with E-state index in [0.29, 0.717) is 0 Å². The van der Waals surface area contributed by atoms with Gasteiger partial charge in [-0.2, -0.15) is 13.2 Å². The molecule has 0 bridgehead atoms. The molecule has 19 heavy (non-hydrogen) atoms. The first-order valence-electron chi connectivity index (χ1n) is 5.74. The first-order chi connectivity index (χ1) is 8.84. The predicted octanol–water partition coefficient (Wildman–Crippen LogP) is 2.49. The SMILES string of the molecule is CCOC(=O)CCN(C)c1cc(C(F)(F)F)ccn1. The number of nitrogens with zero attached hydrogens (tertiary/aromatic N) is 2. The molecule has 0 amide bonds. The molecule has 0 saturated heterocycles. The van der Waals surface area contributed by atoms with E-state index in [0.717, 1.165) is 18.3 Å². The van der Waals surface area contributed by atoms with Crippen molar-refractivity contribution in [1.82, 2.24) is 4.98 Å². The summed E-state index contributed by atoms with van der Waals surface area (Å²) >= 11 is 0. The molecule has 0 aliphatic rings. The average molecular weight is 276 g/mol. The molecule has 0 fully saturated rings. The third-order valence-corrected chi connectivity index (χ3v) is 2.42. The Labute approximate surface area is 109 Å². The molecule has 1 aromatic rings. The van der Waals surface area contributed by atoms with Gasteiger partial charge in [-0.25, -0.2) is 4.98 Å². The van der Waals surface area contributed by atoms with Crippen LogP contribution >= 0.6 is 0 Å². The highest BCUT2D eigenvalue weighted by atomic mass is 19.4. The van der Waals surface area contributed by atoms with E-state index in [9.17, 15) is 18.0 Å². The number of alkyl halides is 3. The summed E-state index contributed by atoms with van der Waals surface area (Å²) < 4.78 is 42.3. The highest BCUT2D eigenvalue weighted by Crippen LogP contribution is 2.30. The molecule has 0 radical (unpaired) electrons. The summed E-state index contributed by atoms with van der Waals surface area (Å²) in [7, 11) is 1.57. The monoisotopic (exact) mass is 276 g/mol. The smallest absolute Gasteiger partial charge is 0.416 e. The molecular weight excluding hydrogens is 261 g/mol. The average Bonchev–Trinajstić information content (AvgIpc) is 2.35. The van der Waals surface area contributed by atoms with Gasteiger partial charge in [0, 0.05) is 19.8 Å². The van der Waals surface area contributed by atoms with Crippen molar-refractivity contribution in [1.29, 1.82) is 0 Å². The van der Waals surface area contributed by atoms with Crippen molar-refractivity contribution in [2.45, 2.75) is 19.5 Å². The minimum atomic E-state index is -4.40. The van der Waals surface area contributed by atoms with Gasteiger partial charge < -0.3 is 9.64 Å². The van der Waals surface area contributed by atoms with Crippen LogP contribution in [-0.2, 0) is 15.7 Å². The van der Waals surface area contributed by atoms with Crippen molar-refractivity contribution in [3.8, 4) is 0 Å². The van der Waals surface area contributed by atoms with Crippen molar-refractivity contribution in [3.05, 3.63) is 23.9 Å². The zero-order chi connectivity index (χ0) is 14.5. The molecule has 1 aromatic heterocycles. The van der Waals surface area contributed by atoms with Crippen molar-refractivity contribution in [2.75, 3.05) is 25.1 Å². The quantitative estimate of drug-likeness (QED) is 0.775. The fraction of sp³-hybridized carbons (Fsp3) is 0.500. The molecule has 0 aliphatic heterocycles. The van der Waals surface area contributed by atoms with Gasteiger partial charge in [0.05, 0.1) is 18.6 Å². The van der Waals surface area contributed by atoms with Crippen LogP contribution < -0.4 is 4.90 Å². The lowest BCUT2D eigenvalue weighted by molar-refractivity contribution is -0.143. The van der Waals surface area contributed by atoms with Gasteiger partial charge in [0.1, 0.15) is 5.82 Å². The number of pyridine rings is 1. The fourth-order valence-electron chi connectivity index (χ4n) is 1.41. The molecule has 0 spiro atoms. The number of halogens is 3. The third kappa shape index (κ3) is 4.76. The van der Waals surface area contributed by atoms with Gasteiger partial charge in [-0.3, -0.25) is 4.79 Å². The summed E-state index contributed by atoms with van der Waals surface area (Å²) in [4.78, 5) is 16.5. The van der Waals surface area contributed by atoms with E-state index in [1.165, 1.54) is 4.90 Å². The Morgan fingerprint density at radius 1 is 1.47 bits per heavy atom. The number of hydrogen-bond acceptors (Lipinski definition) is 4. The van der Waals surface area contributed by atoms with Gasteiger partial charge in [-0.05, 0) is 19.1 Å². The molecule has 1 rings (SSSR count). The molecule has 4 nitrogen and oxygen atoms in total. The molecule has 1 heterocycles. The highest BCUT2D eigenvalue weighted by Gasteiger charge is 2.31. The van der Waals surface area contributed by atoms with Crippen LogP contribution in [0.2, 0.25) is 0 Å². The minimum Gasteiger partial charge on any atom is -0.466 e. The van der Waals surface area contributed by atoms with Crippen molar-refractivity contribution < 1.29 is 22.7 Å². The molecular formula is C12H15F3N2O2. The Bertz CT molecular complexity index is 435. The van der Waals surface area contributed by atoms with Gasteiger partial charge >= 0.3 is 12.1 Å². The standard InChI is InChI=1S/C12H15F3N2O2/c1-3-19-11(18)5-7-17(2)10-8-9(4-6-16-10)12(13,14)15/h4,6,8H,3,5,7H2,1-2H3. The maximum atomic E-state index is 12.5. The molecule has 0 atom stereocenters. The maximum Gasteiger partial charge on any atom is 0.416 e. The molecule has 0 N–H and O–H groups in total. The van der Waals surface area contributed by atoms with Crippen LogP contribution in [0.25, 0.3) is 0 Å². The second-order valence-electron chi connectivity index (χ2n) is 3.88. The van der Waals surface area contributed by atoms with E-state index in [1.54, 1.807) is 14.0 Å². The number of aromatic nitrogens is 1. The number of anilines is 1. The molecule has 106 valence electrons. The Kier molecular flexibility index (Phi) is 5.14. The van der Waals surface area contributed by atoms with Gasteiger partial charge in [-0.15, -0.1) is 0 Å². The molecule has 0 unspecified atom stereocenters. The van der Waals surface area contributed by atoms with Crippen LogP contribution in [0.4, 0.5) is 19.0 Å². The van der Waals surface area contributed by atoms with Crippen molar-refractivity contribution in [2.24, 2.45) is 0 Å². The molecule has 0 aromatic carbocycles. The highest BCUT2D eigenvalue weighted by molar-refractivity contribution is 5.70. The van der Waals surface area contributed by atoms with Crippen LogP contribution in [0.5, 0.6) is 0 Å². The number of ether oxygens (including phenoxy) is 1. The second-order valence-corrected chi connectivity index (χ2v) is 3.88. The van der Waals surface area contributed by atoms with E-state index in [1.807, 2.05) is 0 Å². The van der Waals surface area contributed by atoms with E-state index in [2.05, 4.69) is 4.98 Å². The molecule has 0 aliphatic carbocycles. The van der Waals surface area contributed by atoms with E-state index in [4.69, 9.17) is 4.74 Å². The van der Waals surface area contributed by atoms with Crippen LogP contribution in [0, 0.1) is 0 Å². The van der Waals surface area contributed by atoms with Gasteiger partial charge in [0.2, 0.25) is 0 Å². The first kappa shape index (κ1) is 15.3. The van der Waals surface area contributed by atoms with Crippen molar-refractivity contribution >= 4 is 11.8 Å². The Morgan fingerprint density at radius 3 is 2.74 bits per heavy atom. The second kappa shape index (κ2) is 6.40. The zero-order valence-electron chi connectivity index (χ0n) is 10.7. The van der Waals surface area contributed by atoms with E-state index < -0.39 is 11.7 Å². The normalized spacial score (nSPS) is 11.2. The van der Waals surface area contributed by atoms with E-state index in [-0.39, 0.29) is 31.4 Å². The largest absolute Gasteiger partial charge is 0.466 e. The van der Waals surface area contributed by atoms with Crippen LogP contribution in [0.15, 0.2) is 18.3 Å². The summed E-state index contributed by atoms with van der Waals surface area (Å²) in [6.07, 6.45) is -3.21. The summed E-state index contributed by atoms with van der Waals surface area (Å²) in [6.45, 7) is 2.22. The third-order valence-electron chi connectivity index (χ3n) is 2.42. The number of esters is 1. The lowest BCUT2D eigenvalue weighted by atomic mass is 10.2. The number of carbonyl (C=O) groups excluding carboxylic acids is 1. The Balaban J connectivity index is 2.67. The van der Waals surface area contributed by atoms with Crippen molar-refractivity contribution in [3.63, 3.8) is 0 Å². The summed E-state index contributed by atoms with van der Waals surface area (Å²) in [5, 5.41) is 0. The fourth-order valence-corrected chi connectivity index (χ4v) is 1.41. The van der Waals surface area contributed by atoms with Gasteiger partial charge in [0.25, 0.3) is 0 Å². The topological polar surface area (TPSA) is 42.4 Å². The molecule has 7 heteroatoms. The summed E-state index contributed by atoms with van der Waals surface area (Å²) in [5.41, 5.74) is -0.763. The van der Waals surface area contributed by atoms with Gasteiger partial charge in [0.15, 0.2) is 0 Å². The van der Waals surface area contributed by atoms with Crippen LogP contribution in [0.1, 0.15) is 18.9 Å². The predicted molar refractivity (Wildman–Crippen MR) is 63.8 cm³/mol. The van der Waals surface area contributed by atoms with Gasteiger partial charge in [-0.1, -0.05) is 0 Å². The van der Waals surface area contributed by atoms with E-state index >= 15 is 0 Å². The zero-order valence-corrected chi connectivity index (χ0v) is 10.7. The number of hydrogen-bond donors (Lipinski definition) is 0.